The first-order valence-electron chi connectivity index (χ1n) is 5.40. The molecule has 1 nitrogen and oxygen atoms in total. The summed E-state index contributed by atoms with van der Waals surface area (Å²) in [4.78, 5) is 0. The van der Waals surface area contributed by atoms with Gasteiger partial charge in [0.25, 0.3) is 0 Å². The molecule has 0 spiro atoms. The highest BCUT2D eigenvalue weighted by Crippen LogP contribution is 2.37. The van der Waals surface area contributed by atoms with Gasteiger partial charge >= 0.3 is 0 Å². The maximum Gasteiger partial charge on any atom is 0.200 e. The zero-order chi connectivity index (χ0) is 15.9. The Hall–Kier alpha value is -1.37. The molecule has 0 aliphatic rings. The first kappa shape index (κ1) is 16.0. The van der Waals surface area contributed by atoms with E-state index in [9.17, 15) is 27.1 Å². The molecule has 0 radical (unpaired) electrons. The highest BCUT2D eigenvalue weighted by atomic mass is 35.5. The quantitative estimate of drug-likeness (QED) is 0.473. The summed E-state index contributed by atoms with van der Waals surface area (Å²) in [5, 5.41) is 9.59. The highest BCUT2D eigenvalue weighted by Gasteiger charge is 2.31. The summed E-state index contributed by atoms with van der Waals surface area (Å²) in [5.41, 5.74) is -1.77. The zero-order valence-corrected chi connectivity index (χ0v) is 11.4. The summed E-state index contributed by atoms with van der Waals surface area (Å²) in [5.74, 6) is -10.9. The van der Waals surface area contributed by atoms with E-state index in [1.165, 1.54) is 18.2 Å². The molecule has 0 amide bonds. The Kier molecular flexibility index (Phi) is 4.41. The second kappa shape index (κ2) is 5.79. The van der Waals surface area contributed by atoms with Crippen molar-refractivity contribution >= 4 is 23.2 Å². The zero-order valence-electron chi connectivity index (χ0n) is 9.90. The summed E-state index contributed by atoms with van der Waals surface area (Å²) in [7, 11) is 0. The Labute approximate surface area is 125 Å². The van der Waals surface area contributed by atoms with Crippen molar-refractivity contribution in [2.75, 3.05) is 0 Å². The largest absolute Gasteiger partial charge is 0.383 e. The van der Waals surface area contributed by atoms with Crippen LogP contribution in [-0.2, 0) is 0 Å². The van der Waals surface area contributed by atoms with Crippen LogP contribution < -0.4 is 0 Å². The first-order valence-corrected chi connectivity index (χ1v) is 6.16. The van der Waals surface area contributed by atoms with Gasteiger partial charge in [0.1, 0.15) is 6.10 Å². The molecule has 2 rings (SSSR count). The third-order valence-electron chi connectivity index (χ3n) is 2.79. The minimum Gasteiger partial charge on any atom is -0.383 e. The van der Waals surface area contributed by atoms with E-state index in [1.54, 1.807) is 0 Å². The lowest BCUT2D eigenvalue weighted by Gasteiger charge is -2.17. The Bertz CT molecular complexity index is 671. The van der Waals surface area contributed by atoms with E-state index < -0.39 is 40.8 Å². The molecule has 8 heteroatoms. The fourth-order valence-electron chi connectivity index (χ4n) is 1.78. The van der Waals surface area contributed by atoms with E-state index in [-0.39, 0.29) is 15.6 Å². The summed E-state index contributed by atoms with van der Waals surface area (Å²) < 4.78 is 66.5. The van der Waals surface area contributed by atoms with E-state index >= 15 is 0 Å². The van der Waals surface area contributed by atoms with Crippen molar-refractivity contribution < 1.29 is 27.1 Å². The first-order chi connectivity index (χ1) is 9.77. The van der Waals surface area contributed by atoms with Gasteiger partial charge in [-0.15, -0.1) is 0 Å². The fourth-order valence-corrected chi connectivity index (χ4v) is 2.38. The monoisotopic (exact) mass is 342 g/mol. The van der Waals surface area contributed by atoms with Gasteiger partial charge in [0.15, 0.2) is 23.3 Å². The molecule has 1 N–H and O–H groups in total. The maximum atomic E-state index is 13.6. The second-order valence-electron chi connectivity index (χ2n) is 4.02. The smallest absolute Gasteiger partial charge is 0.200 e. The predicted molar refractivity (Wildman–Crippen MR) is 66.8 cm³/mol. The molecule has 0 saturated heterocycles. The van der Waals surface area contributed by atoms with Crippen LogP contribution in [0.25, 0.3) is 0 Å². The van der Waals surface area contributed by atoms with Gasteiger partial charge in [0, 0.05) is 15.6 Å². The Morgan fingerprint density at radius 2 is 1.10 bits per heavy atom. The van der Waals surface area contributed by atoms with Crippen LogP contribution in [0, 0.1) is 29.1 Å². The lowest BCUT2D eigenvalue weighted by Crippen LogP contribution is -2.13. The number of benzene rings is 2. The van der Waals surface area contributed by atoms with Crippen molar-refractivity contribution in [2.24, 2.45) is 0 Å². The second-order valence-corrected chi connectivity index (χ2v) is 4.84. The molecule has 112 valence electrons. The average Bonchev–Trinajstić information content (AvgIpc) is 2.43. The van der Waals surface area contributed by atoms with Gasteiger partial charge in [-0.2, -0.15) is 0 Å². The normalized spacial score (nSPS) is 12.6. The van der Waals surface area contributed by atoms with Crippen LogP contribution >= 0.6 is 23.2 Å². The van der Waals surface area contributed by atoms with Crippen LogP contribution in [0.15, 0.2) is 18.2 Å². The van der Waals surface area contributed by atoms with E-state index in [1.807, 2.05) is 0 Å². The van der Waals surface area contributed by atoms with E-state index in [0.717, 1.165) is 0 Å². The third kappa shape index (κ3) is 2.59. The van der Waals surface area contributed by atoms with Crippen LogP contribution in [0.3, 0.4) is 0 Å². The number of halogens is 7. The lowest BCUT2D eigenvalue weighted by molar-refractivity contribution is 0.203. The minimum atomic E-state index is -2.31. The van der Waals surface area contributed by atoms with Crippen LogP contribution in [0.5, 0.6) is 0 Å². The number of hydrogen-bond donors (Lipinski definition) is 1. The molecule has 0 saturated carbocycles. The van der Waals surface area contributed by atoms with Gasteiger partial charge in [0.05, 0.1) is 5.56 Å². The van der Waals surface area contributed by atoms with Gasteiger partial charge in [-0.1, -0.05) is 29.3 Å². The van der Waals surface area contributed by atoms with Crippen LogP contribution in [0.4, 0.5) is 22.0 Å². The number of rotatable bonds is 2. The summed E-state index contributed by atoms with van der Waals surface area (Å²) in [6.45, 7) is 0. The molecule has 0 aliphatic heterocycles. The van der Waals surface area contributed by atoms with E-state index in [0.29, 0.717) is 0 Å². The Morgan fingerprint density at radius 3 is 1.52 bits per heavy atom. The van der Waals surface area contributed by atoms with Gasteiger partial charge in [-0.25, -0.2) is 22.0 Å². The number of aliphatic hydroxyl groups excluding tert-OH is 1. The highest BCUT2D eigenvalue weighted by molar-refractivity contribution is 6.36. The van der Waals surface area contributed by atoms with Crippen molar-refractivity contribution in [2.45, 2.75) is 6.10 Å². The molecule has 2 aromatic carbocycles. The van der Waals surface area contributed by atoms with Crippen molar-refractivity contribution in [1.82, 2.24) is 0 Å². The summed E-state index contributed by atoms with van der Waals surface area (Å²) in [6.07, 6.45) is -2.21. The van der Waals surface area contributed by atoms with E-state index in [4.69, 9.17) is 23.2 Å². The predicted octanol–water partition coefficient (Wildman–Crippen LogP) is 4.77. The molecule has 2 aromatic rings. The number of aliphatic hydroxyl groups is 1. The van der Waals surface area contributed by atoms with Crippen molar-refractivity contribution in [1.29, 1.82) is 0 Å². The molecule has 0 heterocycles. The minimum absolute atomic E-state index is 0.182. The van der Waals surface area contributed by atoms with Crippen molar-refractivity contribution in [3.8, 4) is 0 Å². The van der Waals surface area contributed by atoms with Crippen molar-refractivity contribution in [3.63, 3.8) is 0 Å². The molecule has 1 unspecified atom stereocenters. The molecule has 0 fully saturated rings. The molecule has 21 heavy (non-hydrogen) atoms. The lowest BCUT2D eigenvalue weighted by atomic mass is 9.99. The maximum absolute atomic E-state index is 13.6. The number of hydrogen-bond acceptors (Lipinski definition) is 1. The molecule has 1 atom stereocenters. The topological polar surface area (TPSA) is 20.2 Å². The van der Waals surface area contributed by atoms with Gasteiger partial charge in [0.2, 0.25) is 5.82 Å². The van der Waals surface area contributed by atoms with Gasteiger partial charge in [-0.3, -0.25) is 0 Å². The Morgan fingerprint density at radius 1 is 0.714 bits per heavy atom. The summed E-state index contributed by atoms with van der Waals surface area (Å²) in [6, 6.07) is 3.88. The molecular weight excluding hydrogens is 338 g/mol. The fraction of sp³-hybridized carbons (Fsp3) is 0.0769. The third-order valence-corrected chi connectivity index (χ3v) is 3.45. The average molecular weight is 343 g/mol. The van der Waals surface area contributed by atoms with Crippen LogP contribution in [-0.4, -0.2) is 5.11 Å². The molecular formula is C13H5Cl2F5O. The Balaban J connectivity index is 2.73. The SMILES string of the molecule is OC(c1c(Cl)cccc1Cl)c1c(F)c(F)c(F)c(F)c1F. The summed E-state index contributed by atoms with van der Waals surface area (Å²) >= 11 is 11.5. The van der Waals surface area contributed by atoms with Crippen LogP contribution in [0.1, 0.15) is 17.2 Å². The van der Waals surface area contributed by atoms with E-state index in [2.05, 4.69) is 0 Å². The molecule has 0 bridgehead atoms. The standard InChI is InChI=1S/C13H5Cl2F5O/c14-4-2-1-3-5(15)6(4)13(21)7-8(16)10(18)12(20)11(19)9(7)17/h1-3,13,21H. The van der Waals surface area contributed by atoms with Gasteiger partial charge < -0.3 is 5.11 Å². The molecule has 0 aromatic heterocycles. The molecule has 0 aliphatic carbocycles. The van der Waals surface area contributed by atoms with Crippen molar-refractivity contribution in [3.05, 3.63) is 68.5 Å². The van der Waals surface area contributed by atoms with Gasteiger partial charge in [-0.05, 0) is 12.1 Å². The van der Waals surface area contributed by atoms with Crippen LogP contribution in [0.2, 0.25) is 10.0 Å².